The summed E-state index contributed by atoms with van der Waals surface area (Å²) in [4.78, 5) is 4.03. The molecule has 0 aliphatic heterocycles. The van der Waals surface area contributed by atoms with Crippen LogP contribution >= 0.6 is 27.5 Å². The Labute approximate surface area is 138 Å². The van der Waals surface area contributed by atoms with Gasteiger partial charge in [-0.3, -0.25) is 4.98 Å². The zero-order valence-corrected chi connectivity index (χ0v) is 14.4. The molecule has 0 atom stereocenters. The number of pyridine rings is 1. The minimum absolute atomic E-state index is 0.559. The first-order valence-corrected chi connectivity index (χ1v) is 7.99. The molecule has 2 rings (SSSR count). The molecule has 1 aromatic carbocycles. The molecule has 0 aliphatic rings. The Morgan fingerprint density at radius 2 is 2.10 bits per heavy atom. The number of ether oxygens (including phenoxy) is 1. The smallest absolute Gasteiger partial charge is 0.147 e. The number of hydrogen-bond acceptors (Lipinski definition) is 3. The van der Waals surface area contributed by atoms with Crippen molar-refractivity contribution in [1.82, 2.24) is 10.3 Å². The van der Waals surface area contributed by atoms with Crippen LogP contribution in [0.15, 0.2) is 41.1 Å². The average molecular weight is 370 g/mol. The van der Waals surface area contributed by atoms with E-state index in [1.54, 1.807) is 18.5 Å². The first-order chi connectivity index (χ1) is 10.0. The van der Waals surface area contributed by atoms with E-state index in [9.17, 15) is 0 Å². The molecule has 0 radical (unpaired) electrons. The van der Waals surface area contributed by atoms with Crippen LogP contribution < -0.4 is 10.1 Å². The second kappa shape index (κ2) is 7.78. The summed E-state index contributed by atoms with van der Waals surface area (Å²) in [5, 5.41) is 3.98. The van der Waals surface area contributed by atoms with Gasteiger partial charge in [-0.05, 0) is 30.7 Å². The number of hydrogen-bond donors (Lipinski definition) is 1. The molecule has 2 aromatic rings. The maximum atomic E-state index is 5.93. The summed E-state index contributed by atoms with van der Waals surface area (Å²) >= 11 is 9.43. The average Bonchev–Trinajstić information content (AvgIpc) is 2.41. The lowest BCUT2D eigenvalue weighted by Gasteiger charge is -2.13. The van der Waals surface area contributed by atoms with Gasteiger partial charge >= 0.3 is 0 Å². The summed E-state index contributed by atoms with van der Waals surface area (Å²) in [5.74, 6) is 2.05. The quantitative estimate of drug-likeness (QED) is 0.775. The fourth-order valence-electron chi connectivity index (χ4n) is 1.86. The van der Waals surface area contributed by atoms with Crippen LogP contribution in [0.3, 0.4) is 0 Å². The van der Waals surface area contributed by atoms with E-state index in [-0.39, 0.29) is 0 Å². The van der Waals surface area contributed by atoms with Gasteiger partial charge in [0, 0.05) is 28.8 Å². The molecule has 1 aromatic heterocycles. The minimum atomic E-state index is 0.559. The van der Waals surface area contributed by atoms with Gasteiger partial charge < -0.3 is 10.1 Å². The van der Waals surface area contributed by atoms with Crippen molar-refractivity contribution in [2.24, 2.45) is 5.92 Å². The second-order valence-corrected chi connectivity index (χ2v) is 6.57. The van der Waals surface area contributed by atoms with E-state index in [1.165, 1.54) is 0 Å². The van der Waals surface area contributed by atoms with Crippen molar-refractivity contribution in [3.05, 3.63) is 51.7 Å². The lowest BCUT2D eigenvalue weighted by Crippen LogP contribution is -2.19. The molecule has 1 N–H and O–H groups in total. The summed E-state index contributed by atoms with van der Waals surface area (Å²) < 4.78 is 6.92. The van der Waals surface area contributed by atoms with E-state index in [0.29, 0.717) is 16.7 Å². The molecule has 3 nitrogen and oxygen atoms in total. The van der Waals surface area contributed by atoms with Crippen molar-refractivity contribution in [2.45, 2.75) is 20.4 Å². The zero-order valence-electron chi connectivity index (χ0n) is 12.1. The van der Waals surface area contributed by atoms with Crippen molar-refractivity contribution in [2.75, 3.05) is 6.54 Å². The molecule has 0 bridgehead atoms. The zero-order chi connectivity index (χ0) is 15.2. The Balaban J connectivity index is 2.14. The van der Waals surface area contributed by atoms with Gasteiger partial charge in [-0.15, -0.1) is 0 Å². The van der Waals surface area contributed by atoms with Crippen LogP contribution in [-0.4, -0.2) is 11.5 Å². The summed E-state index contributed by atoms with van der Waals surface area (Å²) in [6, 6.07) is 7.71. The van der Waals surface area contributed by atoms with Gasteiger partial charge in [-0.1, -0.05) is 41.4 Å². The third-order valence-corrected chi connectivity index (χ3v) is 3.50. The first-order valence-electron chi connectivity index (χ1n) is 6.82. The highest BCUT2D eigenvalue weighted by atomic mass is 79.9. The SMILES string of the molecule is CC(C)CNCc1cc(Br)ccc1Oc1cncc(Cl)c1. The Morgan fingerprint density at radius 3 is 2.81 bits per heavy atom. The van der Waals surface area contributed by atoms with Gasteiger partial charge in [0.05, 0.1) is 11.2 Å². The number of aromatic nitrogens is 1. The van der Waals surface area contributed by atoms with E-state index in [2.05, 4.69) is 46.1 Å². The van der Waals surface area contributed by atoms with Crippen LogP contribution in [0, 0.1) is 5.92 Å². The number of benzene rings is 1. The highest BCUT2D eigenvalue weighted by Crippen LogP contribution is 2.28. The molecule has 0 unspecified atom stereocenters. The maximum absolute atomic E-state index is 5.93. The Bertz CT molecular complexity index is 605. The molecule has 0 saturated heterocycles. The fourth-order valence-corrected chi connectivity index (χ4v) is 2.43. The van der Waals surface area contributed by atoms with Gasteiger partial charge in [-0.2, -0.15) is 0 Å². The van der Waals surface area contributed by atoms with E-state index < -0.39 is 0 Å². The molecule has 0 saturated carbocycles. The molecule has 0 amide bonds. The molecule has 21 heavy (non-hydrogen) atoms. The molecule has 112 valence electrons. The van der Waals surface area contributed by atoms with E-state index >= 15 is 0 Å². The summed E-state index contributed by atoms with van der Waals surface area (Å²) in [6.07, 6.45) is 3.24. The number of nitrogens with one attached hydrogen (secondary N) is 1. The van der Waals surface area contributed by atoms with Crippen LogP contribution in [0.1, 0.15) is 19.4 Å². The lowest BCUT2D eigenvalue weighted by molar-refractivity contribution is 0.467. The predicted molar refractivity (Wildman–Crippen MR) is 90.0 cm³/mol. The minimum Gasteiger partial charge on any atom is -0.455 e. The molecule has 1 heterocycles. The fraction of sp³-hybridized carbons (Fsp3) is 0.312. The van der Waals surface area contributed by atoms with Crippen molar-refractivity contribution >= 4 is 27.5 Å². The third-order valence-electron chi connectivity index (χ3n) is 2.80. The number of rotatable bonds is 6. The molecular weight excluding hydrogens is 352 g/mol. The number of halogens is 2. The van der Waals surface area contributed by atoms with Gasteiger partial charge in [0.25, 0.3) is 0 Å². The lowest BCUT2D eigenvalue weighted by atomic mass is 10.2. The van der Waals surface area contributed by atoms with Crippen molar-refractivity contribution in [3.63, 3.8) is 0 Å². The molecule has 0 fully saturated rings. The Hall–Kier alpha value is -1.10. The third kappa shape index (κ3) is 5.30. The van der Waals surface area contributed by atoms with Crippen LogP contribution in [0.5, 0.6) is 11.5 Å². The Kier molecular flexibility index (Phi) is 6.03. The van der Waals surface area contributed by atoms with E-state index in [1.807, 2.05) is 12.1 Å². The van der Waals surface area contributed by atoms with E-state index in [0.717, 1.165) is 28.9 Å². The van der Waals surface area contributed by atoms with Crippen LogP contribution in [0.25, 0.3) is 0 Å². The van der Waals surface area contributed by atoms with Gasteiger partial charge in [0.15, 0.2) is 0 Å². The highest BCUT2D eigenvalue weighted by molar-refractivity contribution is 9.10. The van der Waals surface area contributed by atoms with Crippen LogP contribution in [0.4, 0.5) is 0 Å². The Morgan fingerprint density at radius 1 is 1.29 bits per heavy atom. The van der Waals surface area contributed by atoms with Crippen molar-refractivity contribution < 1.29 is 4.74 Å². The van der Waals surface area contributed by atoms with Crippen molar-refractivity contribution in [1.29, 1.82) is 0 Å². The van der Waals surface area contributed by atoms with Gasteiger partial charge in [0.2, 0.25) is 0 Å². The second-order valence-electron chi connectivity index (χ2n) is 5.22. The molecular formula is C16H18BrClN2O. The topological polar surface area (TPSA) is 34.1 Å². The summed E-state index contributed by atoms with van der Waals surface area (Å²) in [7, 11) is 0. The van der Waals surface area contributed by atoms with Crippen LogP contribution in [0.2, 0.25) is 5.02 Å². The monoisotopic (exact) mass is 368 g/mol. The van der Waals surface area contributed by atoms with Crippen molar-refractivity contribution in [3.8, 4) is 11.5 Å². The highest BCUT2D eigenvalue weighted by Gasteiger charge is 2.07. The molecule has 0 spiro atoms. The molecule has 5 heteroatoms. The predicted octanol–water partition coefficient (Wildman–Crippen LogP) is 5.04. The van der Waals surface area contributed by atoms with Gasteiger partial charge in [0.1, 0.15) is 11.5 Å². The summed E-state index contributed by atoms with van der Waals surface area (Å²) in [6.45, 7) is 6.08. The standard InChI is InChI=1S/C16H18BrClN2O/c1-11(2)7-19-8-12-5-13(17)3-4-16(12)21-15-6-14(18)9-20-10-15/h3-6,9-11,19H,7-8H2,1-2H3. The van der Waals surface area contributed by atoms with E-state index in [4.69, 9.17) is 16.3 Å². The molecule has 0 aliphatic carbocycles. The first kappa shape index (κ1) is 16.3. The van der Waals surface area contributed by atoms with Crippen LogP contribution in [-0.2, 0) is 6.54 Å². The normalized spacial score (nSPS) is 10.9. The summed E-state index contributed by atoms with van der Waals surface area (Å²) in [5.41, 5.74) is 1.09. The maximum Gasteiger partial charge on any atom is 0.147 e. The number of nitrogens with zero attached hydrogens (tertiary/aromatic N) is 1. The van der Waals surface area contributed by atoms with Gasteiger partial charge in [-0.25, -0.2) is 0 Å². The largest absolute Gasteiger partial charge is 0.455 e.